The van der Waals surface area contributed by atoms with E-state index in [9.17, 15) is 9.59 Å². The average Bonchev–Trinajstić information content (AvgIpc) is 3.02. The fourth-order valence-electron chi connectivity index (χ4n) is 2.72. The van der Waals surface area contributed by atoms with Gasteiger partial charge in [-0.2, -0.15) is 0 Å². The van der Waals surface area contributed by atoms with Gasteiger partial charge in [-0.05, 0) is 26.7 Å². The summed E-state index contributed by atoms with van der Waals surface area (Å²) < 4.78 is 0. The van der Waals surface area contributed by atoms with Crippen LogP contribution in [0.15, 0.2) is 0 Å². The molecule has 2 fully saturated rings. The molecular weight excluding hydrogens is 292 g/mol. The number of hydrogen-bond donors (Lipinski definition) is 0. The lowest BCUT2D eigenvalue weighted by molar-refractivity contribution is -0.128. The summed E-state index contributed by atoms with van der Waals surface area (Å²) in [5, 5.41) is 0.573. The van der Waals surface area contributed by atoms with Crippen LogP contribution in [0.1, 0.15) is 39.5 Å². The first-order chi connectivity index (χ1) is 9.59. The second-order valence-electron chi connectivity index (χ2n) is 5.32. The highest BCUT2D eigenvalue weighted by Crippen LogP contribution is 2.25. The molecule has 20 heavy (non-hydrogen) atoms. The molecule has 0 aliphatic carbocycles. The number of hydrogen-bond acceptors (Lipinski definition) is 4. The van der Waals surface area contributed by atoms with Gasteiger partial charge in [0.15, 0.2) is 0 Å². The Hall–Kier alpha value is -0.360. The van der Waals surface area contributed by atoms with Crippen molar-refractivity contribution >= 4 is 35.3 Å². The second kappa shape index (κ2) is 7.59. The number of thioether (sulfide) groups is 2. The molecule has 0 N–H and O–H groups in total. The summed E-state index contributed by atoms with van der Waals surface area (Å²) in [7, 11) is 0. The fraction of sp³-hybridized carbons (Fsp3) is 0.857. The Morgan fingerprint density at radius 1 is 0.900 bits per heavy atom. The lowest BCUT2D eigenvalue weighted by atomic mass is 10.4. The van der Waals surface area contributed by atoms with Crippen molar-refractivity contribution in [2.75, 3.05) is 24.6 Å². The number of carbonyl (C=O) groups is 2. The van der Waals surface area contributed by atoms with Gasteiger partial charge in [0.25, 0.3) is 0 Å². The molecule has 2 atom stereocenters. The molecule has 0 aromatic carbocycles. The Balaban J connectivity index is 1.61. The van der Waals surface area contributed by atoms with E-state index in [0.29, 0.717) is 24.7 Å². The van der Waals surface area contributed by atoms with E-state index in [0.717, 1.165) is 37.4 Å². The summed E-state index contributed by atoms with van der Waals surface area (Å²) >= 11 is 3.69. The second-order valence-corrected chi connectivity index (χ2v) is 8.17. The van der Waals surface area contributed by atoms with Crippen LogP contribution in [-0.4, -0.2) is 57.0 Å². The highest BCUT2D eigenvalue weighted by atomic mass is 32.2. The maximum atomic E-state index is 11.6. The lowest BCUT2D eigenvalue weighted by Gasteiger charge is -2.25. The molecule has 0 radical (unpaired) electrons. The molecule has 0 spiro atoms. The average molecular weight is 316 g/mol. The van der Waals surface area contributed by atoms with Crippen LogP contribution in [0.4, 0.5) is 0 Å². The van der Waals surface area contributed by atoms with E-state index in [-0.39, 0.29) is 10.7 Å². The van der Waals surface area contributed by atoms with Gasteiger partial charge in [-0.1, -0.05) is 0 Å². The molecule has 114 valence electrons. The quantitative estimate of drug-likeness (QED) is 0.676. The standard InChI is InChI=1S/C14H24N2O2S2/c1-11(15-7-3-5-13(15)17)19-9-10-20-12(2)16-8-4-6-14(16)18/h11-12H,3-10H2,1-2H3. The van der Waals surface area contributed by atoms with E-state index in [4.69, 9.17) is 0 Å². The summed E-state index contributed by atoms with van der Waals surface area (Å²) in [6, 6.07) is 0. The smallest absolute Gasteiger partial charge is 0.223 e. The minimum atomic E-state index is 0.286. The summed E-state index contributed by atoms with van der Waals surface area (Å²) in [5.74, 6) is 2.66. The van der Waals surface area contributed by atoms with Gasteiger partial charge < -0.3 is 9.80 Å². The molecule has 2 amide bonds. The molecule has 2 aliphatic rings. The van der Waals surface area contributed by atoms with Crippen molar-refractivity contribution in [1.82, 2.24) is 9.80 Å². The molecule has 0 bridgehead atoms. The Bertz CT molecular complexity index is 331. The number of likely N-dealkylation sites (tertiary alicyclic amines) is 2. The van der Waals surface area contributed by atoms with E-state index in [2.05, 4.69) is 13.8 Å². The van der Waals surface area contributed by atoms with Crippen molar-refractivity contribution in [3.63, 3.8) is 0 Å². The third-order valence-corrected chi connectivity index (χ3v) is 6.51. The minimum absolute atomic E-state index is 0.286. The Labute approximate surface area is 130 Å². The number of rotatable bonds is 7. The van der Waals surface area contributed by atoms with Crippen LogP contribution < -0.4 is 0 Å². The van der Waals surface area contributed by atoms with Gasteiger partial charge in [0.1, 0.15) is 0 Å². The molecule has 0 aromatic rings. The monoisotopic (exact) mass is 316 g/mol. The van der Waals surface area contributed by atoms with Crippen molar-refractivity contribution < 1.29 is 9.59 Å². The van der Waals surface area contributed by atoms with Gasteiger partial charge in [0.05, 0.1) is 10.7 Å². The SMILES string of the molecule is CC(SCCSC(C)N1CCCC1=O)N1CCCC1=O. The van der Waals surface area contributed by atoms with Crippen LogP contribution in [0.2, 0.25) is 0 Å². The Kier molecular flexibility index (Phi) is 6.08. The molecule has 2 saturated heterocycles. The zero-order valence-electron chi connectivity index (χ0n) is 12.3. The summed E-state index contributed by atoms with van der Waals surface area (Å²) in [6.07, 6.45) is 3.45. The topological polar surface area (TPSA) is 40.6 Å². The van der Waals surface area contributed by atoms with E-state index in [1.165, 1.54) is 0 Å². The van der Waals surface area contributed by atoms with E-state index in [1.807, 2.05) is 33.3 Å². The zero-order chi connectivity index (χ0) is 14.5. The molecule has 4 nitrogen and oxygen atoms in total. The molecular formula is C14H24N2O2S2. The van der Waals surface area contributed by atoms with E-state index >= 15 is 0 Å². The van der Waals surface area contributed by atoms with Gasteiger partial charge in [-0.3, -0.25) is 9.59 Å². The molecule has 2 rings (SSSR count). The van der Waals surface area contributed by atoms with Gasteiger partial charge in [0.2, 0.25) is 11.8 Å². The van der Waals surface area contributed by atoms with Crippen LogP contribution in [0.3, 0.4) is 0 Å². The number of amides is 2. The molecule has 6 heteroatoms. The first-order valence-electron chi connectivity index (χ1n) is 7.41. The van der Waals surface area contributed by atoms with Crippen molar-refractivity contribution in [2.45, 2.75) is 50.3 Å². The number of carbonyl (C=O) groups excluding carboxylic acids is 2. The largest absolute Gasteiger partial charge is 0.331 e. The first kappa shape index (κ1) is 16.0. The molecule has 2 unspecified atom stereocenters. The van der Waals surface area contributed by atoms with Crippen molar-refractivity contribution in [3.8, 4) is 0 Å². The lowest BCUT2D eigenvalue weighted by Crippen LogP contribution is -2.33. The predicted molar refractivity (Wildman–Crippen MR) is 85.7 cm³/mol. The normalized spacial score (nSPS) is 22.7. The van der Waals surface area contributed by atoms with Gasteiger partial charge in [0, 0.05) is 37.4 Å². The Morgan fingerprint density at radius 2 is 1.30 bits per heavy atom. The van der Waals surface area contributed by atoms with Crippen LogP contribution >= 0.6 is 23.5 Å². The minimum Gasteiger partial charge on any atom is -0.331 e. The van der Waals surface area contributed by atoms with Crippen LogP contribution in [0.25, 0.3) is 0 Å². The van der Waals surface area contributed by atoms with Crippen molar-refractivity contribution in [1.29, 1.82) is 0 Å². The third-order valence-electron chi connectivity index (χ3n) is 3.90. The Morgan fingerprint density at radius 3 is 1.60 bits per heavy atom. The summed E-state index contributed by atoms with van der Waals surface area (Å²) in [5.41, 5.74) is 0. The van der Waals surface area contributed by atoms with E-state index in [1.54, 1.807) is 0 Å². The zero-order valence-corrected chi connectivity index (χ0v) is 14.0. The summed E-state index contributed by atoms with van der Waals surface area (Å²) in [4.78, 5) is 27.2. The molecule has 0 saturated carbocycles. The van der Waals surface area contributed by atoms with Gasteiger partial charge >= 0.3 is 0 Å². The summed E-state index contributed by atoms with van der Waals surface area (Å²) in [6.45, 7) is 6.07. The molecule has 2 aliphatic heterocycles. The highest BCUT2D eigenvalue weighted by molar-refractivity contribution is 8.03. The maximum Gasteiger partial charge on any atom is 0.223 e. The van der Waals surface area contributed by atoms with Crippen LogP contribution in [0, 0.1) is 0 Å². The van der Waals surface area contributed by atoms with Crippen molar-refractivity contribution in [2.24, 2.45) is 0 Å². The highest BCUT2D eigenvalue weighted by Gasteiger charge is 2.26. The van der Waals surface area contributed by atoms with Crippen LogP contribution in [0.5, 0.6) is 0 Å². The predicted octanol–water partition coefficient (Wildman–Crippen LogP) is 2.39. The fourth-order valence-corrected chi connectivity index (χ4v) is 4.98. The third kappa shape index (κ3) is 4.07. The van der Waals surface area contributed by atoms with Crippen LogP contribution in [-0.2, 0) is 9.59 Å². The number of nitrogens with zero attached hydrogens (tertiary/aromatic N) is 2. The van der Waals surface area contributed by atoms with Gasteiger partial charge in [-0.25, -0.2) is 0 Å². The van der Waals surface area contributed by atoms with E-state index < -0.39 is 0 Å². The van der Waals surface area contributed by atoms with Crippen molar-refractivity contribution in [3.05, 3.63) is 0 Å². The molecule has 0 aromatic heterocycles. The van der Waals surface area contributed by atoms with Gasteiger partial charge in [-0.15, -0.1) is 23.5 Å². The molecule has 2 heterocycles. The first-order valence-corrected chi connectivity index (χ1v) is 9.51. The maximum absolute atomic E-state index is 11.6.